The van der Waals surface area contributed by atoms with Crippen molar-refractivity contribution in [2.75, 3.05) is 11.9 Å². The summed E-state index contributed by atoms with van der Waals surface area (Å²) in [5, 5.41) is 3.32. The van der Waals surface area contributed by atoms with Crippen molar-refractivity contribution >= 4 is 5.95 Å². The molecule has 76 valence electrons. The highest BCUT2D eigenvalue weighted by Crippen LogP contribution is 2.23. The number of hydrogen-bond acceptors (Lipinski definition) is 3. The molecule has 3 heterocycles. The van der Waals surface area contributed by atoms with Gasteiger partial charge in [-0.25, -0.2) is 4.98 Å². The van der Waals surface area contributed by atoms with Gasteiger partial charge in [-0.3, -0.25) is 4.98 Å². The van der Waals surface area contributed by atoms with Gasteiger partial charge in [-0.15, -0.1) is 0 Å². The van der Waals surface area contributed by atoms with Crippen LogP contribution in [-0.4, -0.2) is 21.1 Å². The van der Waals surface area contributed by atoms with E-state index in [2.05, 4.69) is 32.0 Å². The minimum atomic E-state index is 0.509. The maximum atomic E-state index is 4.22. The third-order valence-corrected chi connectivity index (χ3v) is 2.82. The van der Waals surface area contributed by atoms with E-state index >= 15 is 0 Å². The predicted octanol–water partition coefficient (Wildman–Crippen LogP) is 1.49. The number of rotatable bonds is 1. The van der Waals surface area contributed by atoms with Gasteiger partial charge in [-0.2, -0.15) is 0 Å². The smallest absolute Gasteiger partial charge is 0.202 e. The molecule has 1 aliphatic rings. The standard InChI is InChI=1S/C11H12N4/c1-3-12-4-2-9(1)10-7-14-11-13-5-6-15(11)8-10/h1-6,10H,7-8H2,(H,13,14). The SMILES string of the molecule is c1cc(C2CNc3nccn3C2)ccn1. The average Bonchev–Trinajstić information content (AvgIpc) is 2.77. The molecule has 4 nitrogen and oxygen atoms in total. The van der Waals surface area contributed by atoms with Gasteiger partial charge in [-0.1, -0.05) is 0 Å². The number of nitrogens with zero attached hydrogens (tertiary/aromatic N) is 3. The van der Waals surface area contributed by atoms with E-state index in [1.54, 1.807) is 0 Å². The van der Waals surface area contributed by atoms with Crippen LogP contribution in [0.2, 0.25) is 0 Å². The normalized spacial score (nSPS) is 19.3. The molecule has 0 spiro atoms. The van der Waals surface area contributed by atoms with Gasteiger partial charge in [0, 0.05) is 43.8 Å². The van der Waals surface area contributed by atoms with Crippen molar-refractivity contribution in [3.63, 3.8) is 0 Å². The Morgan fingerprint density at radius 1 is 1.27 bits per heavy atom. The molecule has 0 saturated heterocycles. The highest BCUT2D eigenvalue weighted by molar-refractivity contribution is 5.32. The molecule has 0 aromatic carbocycles. The fraction of sp³-hybridized carbons (Fsp3) is 0.273. The van der Waals surface area contributed by atoms with E-state index < -0.39 is 0 Å². The van der Waals surface area contributed by atoms with Gasteiger partial charge >= 0.3 is 0 Å². The third kappa shape index (κ3) is 1.48. The minimum Gasteiger partial charge on any atom is -0.355 e. The lowest BCUT2D eigenvalue weighted by molar-refractivity contribution is 0.548. The molecule has 3 rings (SSSR count). The number of fused-ring (bicyclic) bond motifs is 1. The summed E-state index contributed by atoms with van der Waals surface area (Å²) in [4.78, 5) is 8.26. The van der Waals surface area contributed by atoms with Gasteiger partial charge in [-0.05, 0) is 17.7 Å². The molecule has 0 aliphatic carbocycles. The van der Waals surface area contributed by atoms with E-state index in [4.69, 9.17) is 0 Å². The van der Waals surface area contributed by atoms with E-state index in [0.717, 1.165) is 19.0 Å². The van der Waals surface area contributed by atoms with Crippen molar-refractivity contribution in [2.24, 2.45) is 0 Å². The van der Waals surface area contributed by atoms with Gasteiger partial charge in [0.15, 0.2) is 0 Å². The van der Waals surface area contributed by atoms with Crippen LogP contribution in [0, 0.1) is 0 Å². The summed E-state index contributed by atoms with van der Waals surface area (Å²) < 4.78 is 2.15. The summed E-state index contributed by atoms with van der Waals surface area (Å²) in [6, 6.07) is 4.16. The molecule has 0 radical (unpaired) electrons. The molecule has 2 aromatic heterocycles. The quantitative estimate of drug-likeness (QED) is 0.758. The van der Waals surface area contributed by atoms with Crippen molar-refractivity contribution in [3.8, 4) is 0 Å². The van der Waals surface area contributed by atoms with Crippen LogP contribution in [0.5, 0.6) is 0 Å². The molecule has 0 amide bonds. The van der Waals surface area contributed by atoms with Gasteiger partial charge in [0.1, 0.15) is 0 Å². The summed E-state index contributed by atoms with van der Waals surface area (Å²) in [5.41, 5.74) is 1.33. The number of imidazole rings is 1. The van der Waals surface area contributed by atoms with E-state index in [1.807, 2.05) is 24.8 Å². The van der Waals surface area contributed by atoms with Gasteiger partial charge in [0.05, 0.1) is 0 Å². The van der Waals surface area contributed by atoms with Crippen LogP contribution in [0.15, 0.2) is 36.9 Å². The first kappa shape index (κ1) is 8.47. The molecule has 1 atom stereocenters. The van der Waals surface area contributed by atoms with Gasteiger partial charge in [0.25, 0.3) is 0 Å². The average molecular weight is 200 g/mol. The van der Waals surface area contributed by atoms with E-state index in [0.29, 0.717) is 5.92 Å². The molecule has 0 saturated carbocycles. The van der Waals surface area contributed by atoms with Crippen molar-refractivity contribution in [3.05, 3.63) is 42.5 Å². The highest BCUT2D eigenvalue weighted by Gasteiger charge is 2.19. The van der Waals surface area contributed by atoms with Crippen LogP contribution in [-0.2, 0) is 6.54 Å². The van der Waals surface area contributed by atoms with Crippen molar-refractivity contribution in [2.45, 2.75) is 12.5 Å². The fourth-order valence-electron chi connectivity index (χ4n) is 2.00. The zero-order valence-electron chi connectivity index (χ0n) is 8.30. The third-order valence-electron chi connectivity index (χ3n) is 2.82. The zero-order chi connectivity index (χ0) is 10.1. The maximum Gasteiger partial charge on any atom is 0.202 e. The zero-order valence-corrected chi connectivity index (χ0v) is 8.30. The molecular weight excluding hydrogens is 188 g/mol. The summed E-state index contributed by atoms with van der Waals surface area (Å²) in [5.74, 6) is 1.48. The Balaban J connectivity index is 1.88. The maximum absolute atomic E-state index is 4.22. The second-order valence-corrected chi connectivity index (χ2v) is 3.76. The van der Waals surface area contributed by atoms with E-state index in [9.17, 15) is 0 Å². The number of nitrogens with one attached hydrogen (secondary N) is 1. The first-order valence-electron chi connectivity index (χ1n) is 5.08. The van der Waals surface area contributed by atoms with Crippen LogP contribution in [0.4, 0.5) is 5.95 Å². The van der Waals surface area contributed by atoms with Gasteiger partial charge in [0.2, 0.25) is 5.95 Å². The van der Waals surface area contributed by atoms with Crippen molar-refractivity contribution in [1.82, 2.24) is 14.5 Å². The highest BCUT2D eigenvalue weighted by atomic mass is 15.2. The van der Waals surface area contributed by atoms with E-state index in [1.165, 1.54) is 5.56 Å². The molecular formula is C11H12N4. The number of hydrogen-bond donors (Lipinski definition) is 1. The predicted molar refractivity (Wildman–Crippen MR) is 57.7 cm³/mol. The van der Waals surface area contributed by atoms with Crippen molar-refractivity contribution in [1.29, 1.82) is 0 Å². The summed E-state index contributed by atoms with van der Waals surface area (Å²) in [6.07, 6.45) is 7.53. The first-order chi connectivity index (χ1) is 7.43. The van der Waals surface area contributed by atoms with Gasteiger partial charge < -0.3 is 9.88 Å². The summed E-state index contributed by atoms with van der Waals surface area (Å²) in [6.45, 7) is 1.94. The Kier molecular flexibility index (Phi) is 1.91. The molecule has 2 aromatic rings. The van der Waals surface area contributed by atoms with Crippen LogP contribution >= 0.6 is 0 Å². The molecule has 0 fully saturated rings. The summed E-state index contributed by atoms with van der Waals surface area (Å²) in [7, 11) is 0. The molecule has 15 heavy (non-hydrogen) atoms. The van der Waals surface area contributed by atoms with Crippen molar-refractivity contribution < 1.29 is 0 Å². The summed E-state index contributed by atoms with van der Waals surface area (Å²) >= 11 is 0. The number of anilines is 1. The van der Waals surface area contributed by atoms with Crippen LogP contribution in [0.1, 0.15) is 11.5 Å². The topological polar surface area (TPSA) is 42.7 Å². The minimum absolute atomic E-state index is 0.509. The first-order valence-corrected chi connectivity index (χ1v) is 5.08. The Morgan fingerprint density at radius 3 is 3.00 bits per heavy atom. The molecule has 1 unspecified atom stereocenters. The van der Waals surface area contributed by atoms with Crippen LogP contribution < -0.4 is 5.32 Å². The largest absolute Gasteiger partial charge is 0.355 e. The Morgan fingerprint density at radius 2 is 2.13 bits per heavy atom. The van der Waals surface area contributed by atoms with E-state index in [-0.39, 0.29) is 0 Å². The second kappa shape index (κ2) is 3.38. The Bertz CT molecular complexity index is 449. The molecule has 0 bridgehead atoms. The molecule has 1 aliphatic heterocycles. The Hall–Kier alpha value is -1.84. The second-order valence-electron chi connectivity index (χ2n) is 3.76. The Labute approximate surface area is 88.0 Å². The number of pyridine rings is 1. The van der Waals surface area contributed by atoms with Crippen LogP contribution in [0.25, 0.3) is 0 Å². The monoisotopic (exact) mass is 200 g/mol. The lowest BCUT2D eigenvalue weighted by Crippen LogP contribution is -2.25. The molecule has 4 heteroatoms. The van der Waals surface area contributed by atoms with Crippen LogP contribution in [0.3, 0.4) is 0 Å². The lowest BCUT2D eigenvalue weighted by atomic mass is 9.99. The molecule has 1 N–H and O–H groups in total. The lowest BCUT2D eigenvalue weighted by Gasteiger charge is -2.25. The number of aromatic nitrogens is 3. The fourth-order valence-corrected chi connectivity index (χ4v) is 2.00.